The summed E-state index contributed by atoms with van der Waals surface area (Å²) in [5.74, 6) is -3.65. The SMILES string of the molecule is O=C(C=Cc1cc(F)cc(F)c1)NC1(C(=O)Nc2cc(C(F)(F)F)cc(C(F)(F)F)c2)CCNCC1. The Balaban J connectivity index is 1.86. The van der Waals surface area contributed by atoms with Crippen LogP contribution >= 0.6 is 0 Å². The highest BCUT2D eigenvalue weighted by Crippen LogP contribution is 2.38. The van der Waals surface area contributed by atoms with Crippen LogP contribution in [0.2, 0.25) is 0 Å². The van der Waals surface area contributed by atoms with Gasteiger partial charge in [0, 0.05) is 17.8 Å². The van der Waals surface area contributed by atoms with Crippen molar-refractivity contribution in [2.75, 3.05) is 18.4 Å². The maximum absolute atomic E-state index is 13.3. The van der Waals surface area contributed by atoms with Gasteiger partial charge in [0.2, 0.25) is 11.8 Å². The van der Waals surface area contributed by atoms with Crippen LogP contribution in [0.3, 0.4) is 0 Å². The lowest BCUT2D eigenvalue weighted by Crippen LogP contribution is -2.61. The molecule has 2 aromatic rings. The van der Waals surface area contributed by atoms with Crippen LogP contribution < -0.4 is 16.0 Å². The summed E-state index contributed by atoms with van der Waals surface area (Å²) in [7, 11) is 0. The lowest BCUT2D eigenvalue weighted by molar-refractivity contribution is -0.143. The molecular formula is C23H19F8N3O2. The number of piperidine rings is 1. The standard InChI is InChI=1S/C23H19F8N3O2/c24-16-7-13(8-17(25)12-16)1-2-19(35)34-21(3-5-32-6-4-21)20(36)33-18-10-14(22(26,27)28)9-15(11-18)23(29,30)31/h1-2,7-12,32H,3-6H2,(H,33,36)(H,34,35). The van der Waals surface area contributed by atoms with Gasteiger partial charge < -0.3 is 16.0 Å². The van der Waals surface area contributed by atoms with Gasteiger partial charge in [0.15, 0.2) is 0 Å². The van der Waals surface area contributed by atoms with E-state index in [9.17, 15) is 44.7 Å². The highest BCUT2D eigenvalue weighted by atomic mass is 19.4. The third-order valence-corrected chi connectivity index (χ3v) is 5.41. The van der Waals surface area contributed by atoms with E-state index < -0.39 is 58.2 Å². The Morgan fingerprint density at radius 2 is 1.36 bits per heavy atom. The molecular weight excluding hydrogens is 502 g/mol. The number of amides is 2. The van der Waals surface area contributed by atoms with E-state index in [1.807, 2.05) is 0 Å². The molecule has 2 amide bonds. The Hall–Kier alpha value is -3.48. The smallest absolute Gasteiger partial charge is 0.338 e. The van der Waals surface area contributed by atoms with Gasteiger partial charge in [-0.15, -0.1) is 0 Å². The molecule has 0 saturated carbocycles. The Morgan fingerprint density at radius 3 is 1.86 bits per heavy atom. The molecule has 0 spiro atoms. The molecule has 1 heterocycles. The number of benzene rings is 2. The molecule has 0 aliphatic carbocycles. The average Bonchev–Trinajstić information content (AvgIpc) is 2.76. The molecule has 1 fully saturated rings. The van der Waals surface area contributed by atoms with Crippen LogP contribution in [0.4, 0.5) is 40.8 Å². The highest BCUT2D eigenvalue weighted by Gasteiger charge is 2.42. The lowest BCUT2D eigenvalue weighted by Gasteiger charge is -2.36. The Bertz CT molecular complexity index is 1120. The van der Waals surface area contributed by atoms with Gasteiger partial charge in [-0.25, -0.2) is 8.78 Å². The minimum atomic E-state index is -5.11. The zero-order valence-corrected chi connectivity index (χ0v) is 18.3. The molecule has 0 atom stereocenters. The molecule has 36 heavy (non-hydrogen) atoms. The van der Waals surface area contributed by atoms with Crippen LogP contribution in [-0.4, -0.2) is 30.4 Å². The zero-order chi connectivity index (χ0) is 26.7. The lowest BCUT2D eigenvalue weighted by atomic mass is 9.87. The summed E-state index contributed by atoms with van der Waals surface area (Å²) in [4.78, 5) is 25.6. The van der Waals surface area contributed by atoms with E-state index in [1.165, 1.54) is 0 Å². The fraction of sp³-hybridized carbons (Fsp3) is 0.304. The van der Waals surface area contributed by atoms with Crippen molar-refractivity contribution in [2.45, 2.75) is 30.7 Å². The van der Waals surface area contributed by atoms with Gasteiger partial charge in [0.05, 0.1) is 11.1 Å². The van der Waals surface area contributed by atoms with E-state index in [2.05, 4.69) is 16.0 Å². The van der Waals surface area contributed by atoms with Crippen molar-refractivity contribution < 1.29 is 44.7 Å². The summed E-state index contributed by atoms with van der Waals surface area (Å²) >= 11 is 0. The van der Waals surface area contributed by atoms with Crippen LogP contribution in [0.25, 0.3) is 6.08 Å². The molecule has 13 heteroatoms. The van der Waals surface area contributed by atoms with Crippen LogP contribution in [0.5, 0.6) is 0 Å². The molecule has 3 N–H and O–H groups in total. The monoisotopic (exact) mass is 521 g/mol. The summed E-state index contributed by atoms with van der Waals surface area (Å²) in [5, 5.41) is 7.43. The van der Waals surface area contributed by atoms with E-state index in [0.717, 1.165) is 24.3 Å². The minimum Gasteiger partial charge on any atom is -0.338 e. The fourth-order valence-electron chi connectivity index (χ4n) is 3.66. The first-order chi connectivity index (χ1) is 16.7. The molecule has 0 aromatic heterocycles. The molecule has 0 radical (unpaired) electrons. The summed E-state index contributed by atoms with van der Waals surface area (Å²) in [6.07, 6.45) is -8.30. The van der Waals surface area contributed by atoms with Crippen LogP contribution in [0.1, 0.15) is 29.5 Å². The third kappa shape index (κ3) is 6.80. The zero-order valence-electron chi connectivity index (χ0n) is 18.3. The molecule has 1 saturated heterocycles. The number of anilines is 1. The van der Waals surface area contributed by atoms with E-state index in [0.29, 0.717) is 18.2 Å². The van der Waals surface area contributed by atoms with Crippen molar-refractivity contribution in [3.63, 3.8) is 0 Å². The topological polar surface area (TPSA) is 70.2 Å². The maximum atomic E-state index is 13.3. The number of hydrogen-bond donors (Lipinski definition) is 3. The van der Waals surface area contributed by atoms with Crippen molar-refractivity contribution in [3.8, 4) is 0 Å². The highest BCUT2D eigenvalue weighted by molar-refractivity contribution is 6.03. The van der Waals surface area contributed by atoms with Crippen LogP contribution in [0, 0.1) is 11.6 Å². The molecule has 0 bridgehead atoms. The molecule has 3 rings (SSSR count). The number of carbonyl (C=O) groups excluding carboxylic acids is 2. The molecule has 2 aromatic carbocycles. The predicted molar refractivity (Wildman–Crippen MR) is 113 cm³/mol. The second-order valence-corrected chi connectivity index (χ2v) is 8.11. The van der Waals surface area contributed by atoms with Crippen molar-refractivity contribution in [1.29, 1.82) is 0 Å². The molecule has 5 nitrogen and oxygen atoms in total. The van der Waals surface area contributed by atoms with E-state index >= 15 is 0 Å². The molecule has 0 unspecified atom stereocenters. The number of halogens is 8. The normalized spacial score (nSPS) is 16.1. The Labute approximate surface area is 199 Å². The second kappa shape index (κ2) is 10.2. The van der Waals surface area contributed by atoms with Gasteiger partial charge in [-0.3, -0.25) is 9.59 Å². The van der Waals surface area contributed by atoms with E-state index in [1.54, 1.807) is 0 Å². The van der Waals surface area contributed by atoms with Crippen molar-refractivity contribution in [3.05, 3.63) is 70.8 Å². The third-order valence-electron chi connectivity index (χ3n) is 5.41. The fourth-order valence-corrected chi connectivity index (χ4v) is 3.66. The molecule has 1 aliphatic rings. The largest absolute Gasteiger partial charge is 0.416 e. The van der Waals surface area contributed by atoms with Crippen molar-refractivity contribution >= 4 is 23.6 Å². The van der Waals surface area contributed by atoms with Crippen molar-refractivity contribution in [1.82, 2.24) is 10.6 Å². The molecule has 194 valence electrons. The van der Waals surface area contributed by atoms with Gasteiger partial charge in [-0.05, 0) is 67.9 Å². The minimum absolute atomic E-state index is 0.00936. The van der Waals surface area contributed by atoms with Gasteiger partial charge in [0.1, 0.15) is 17.2 Å². The second-order valence-electron chi connectivity index (χ2n) is 8.11. The quantitative estimate of drug-likeness (QED) is 0.388. The van der Waals surface area contributed by atoms with Gasteiger partial charge >= 0.3 is 12.4 Å². The van der Waals surface area contributed by atoms with Crippen molar-refractivity contribution in [2.24, 2.45) is 0 Å². The summed E-state index contributed by atoms with van der Waals surface area (Å²) in [6.45, 7) is 0.422. The van der Waals surface area contributed by atoms with E-state index in [4.69, 9.17) is 0 Å². The molecule has 1 aliphatic heterocycles. The first-order valence-electron chi connectivity index (χ1n) is 10.5. The first kappa shape index (κ1) is 27.1. The maximum Gasteiger partial charge on any atom is 0.416 e. The van der Waals surface area contributed by atoms with Gasteiger partial charge in [-0.1, -0.05) is 0 Å². The number of nitrogens with one attached hydrogen (secondary N) is 3. The van der Waals surface area contributed by atoms with Gasteiger partial charge in [0.25, 0.3) is 0 Å². The number of carbonyl (C=O) groups is 2. The number of alkyl halides is 6. The predicted octanol–water partition coefficient (Wildman–Crippen LogP) is 4.89. The summed E-state index contributed by atoms with van der Waals surface area (Å²) in [5.41, 5.74) is -5.63. The van der Waals surface area contributed by atoms with Crippen LogP contribution in [-0.2, 0) is 21.9 Å². The first-order valence-corrected chi connectivity index (χ1v) is 10.5. The average molecular weight is 521 g/mol. The van der Waals surface area contributed by atoms with Crippen LogP contribution in [0.15, 0.2) is 42.5 Å². The summed E-state index contributed by atoms with van der Waals surface area (Å²) < 4.78 is 106. The number of rotatable bonds is 5. The number of hydrogen-bond acceptors (Lipinski definition) is 3. The Kier molecular flexibility index (Phi) is 7.72. The van der Waals surface area contributed by atoms with Gasteiger partial charge in [-0.2, -0.15) is 26.3 Å². The summed E-state index contributed by atoms with van der Waals surface area (Å²) in [6, 6.07) is 3.18. The Morgan fingerprint density at radius 1 is 0.833 bits per heavy atom. The van der Waals surface area contributed by atoms with E-state index in [-0.39, 0.29) is 37.6 Å².